The molecule has 0 unspecified atom stereocenters. The molecule has 1 fully saturated rings. The van der Waals surface area contributed by atoms with E-state index in [4.69, 9.17) is 5.73 Å². The van der Waals surface area contributed by atoms with Crippen LogP contribution in [0.5, 0.6) is 0 Å². The minimum atomic E-state index is -0.234. The molecule has 1 aliphatic rings. The zero-order valence-electron chi connectivity index (χ0n) is 17.1. The smallest absolute Gasteiger partial charge is 0.255 e. The second kappa shape index (κ2) is 7.67. The molecule has 1 aromatic carbocycles. The SMILES string of the molecule is Cn1cc(-c2cnc(N)c(C(=O)N[C@@H]3CCN(c4ncc5ccccc5n4)C3)c2)cn1. The number of rotatable bonds is 4. The van der Waals surface area contributed by atoms with Gasteiger partial charge in [-0.15, -0.1) is 0 Å². The minimum absolute atomic E-state index is 0.0241. The van der Waals surface area contributed by atoms with Crippen LogP contribution in [0.3, 0.4) is 0 Å². The van der Waals surface area contributed by atoms with Crippen molar-refractivity contribution in [2.75, 3.05) is 23.7 Å². The Hall–Kier alpha value is -4.01. The molecule has 1 amide bonds. The van der Waals surface area contributed by atoms with Crippen molar-refractivity contribution < 1.29 is 4.79 Å². The number of hydrogen-bond acceptors (Lipinski definition) is 7. The van der Waals surface area contributed by atoms with Gasteiger partial charge in [-0.25, -0.2) is 15.0 Å². The number of benzene rings is 1. The highest BCUT2D eigenvalue weighted by atomic mass is 16.1. The van der Waals surface area contributed by atoms with Crippen LogP contribution in [0.25, 0.3) is 22.0 Å². The quantitative estimate of drug-likeness (QED) is 0.525. The van der Waals surface area contributed by atoms with Gasteiger partial charge in [0, 0.05) is 61.3 Å². The van der Waals surface area contributed by atoms with Crippen molar-refractivity contribution in [1.82, 2.24) is 30.0 Å². The Bertz CT molecular complexity index is 1270. The van der Waals surface area contributed by atoms with Crippen LogP contribution in [-0.2, 0) is 7.05 Å². The summed E-state index contributed by atoms with van der Waals surface area (Å²) in [6, 6.07) is 9.63. The fourth-order valence-electron chi connectivity index (χ4n) is 3.82. The van der Waals surface area contributed by atoms with Gasteiger partial charge in [0.05, 0.1) is 17.3 Å². The average molecular weight is 414 g/mol. The predicted octanol–water partition coefficient (Wildman–Crippen LogP) is 2.02. The summed E-state index contributed by atoms with van der Waals surface area (Å²) in [5.74, 6) is 0.648. The summed E-state index contributed by atoms with van der Waals surface area (Å²) in [7, 11) is 1.84. The summed E-state index contributed by atoms with van der Waals surface area (Å²) in [5, 5.41) is 8.25. The molecule has 1 aliphatic heterocycles. The Balaban J connectivity index is 1.30. The van der Waals surface area contributed by atoms with Crippen molar-refractivity contribution in [2.24, 2.45) is 7.05 Å². The molecular weight excluding hydrogens is 392 g/mol. The lowest BCUT2D eigenvalue weighted by atomic mass is 10.1. The number of aromatic nitrogens is 5. The number of nitrogens with zero attached hydrogens (tertiary/aromatic N) is 6. The van der Waals surface area contributed by atoms with Gasteiger partial charge in [-0.2, -0.15) is 5.10 Å². The highest BCUT2D eigenvalue weighted by molar-refractivity contribution is 5.99. The largest absolute Gasteiger partial charge is 0.383 e. The number of nitrogen functional groups attached to an aromatic ring is 1. The average Bonchev–Trinajstić information content (AvgIpc) is 3.43. The van der Waals surface area contributed by atoms with Gasteiger partial charge in [0.2, 0.25) is 5.95 Å². The molecular formula is C22H22N8O. The van der Waals surface area contributed by atoms with E-state index in [1.54, 1.807) is 23.1 Å². The summed E-state index contributed by atoms with van der Waals surface area (Å²) < 4.78 is 1.70. The first-order valence-electron chi connectivity index (χ1n) is 10.1. The highest BCUT2D eigenvalue weighted by Crippen LogP contribution is 2.23. The molecule has 0 spiro atoms. The normalized spacial score (nSPS) is 16.0. The molecule has 156 valence electrons. The Morgan fingerprint density at radius 1 is 1.16 bits per heavy atom. The lowest BCUT2D eigenvalue weighted by Crippen LogP contribution is -2.37. The standard InChI is InChI=1S/C22H22N8O/c1-29-12-16(11-26-29)15-8-18(20(23)24-10-15)21(31)27-17-6-7-30(13-17)22-25-9-14-4-2-3-5-19(14)28-22/h2-5,8-12,17H,6-7,13H2,1H3,(H2,23,24)(H,27,31)/t17-/m1/s1. The van der Waals surface area contributed by atoms with E-state index in [1.165, 1.54) is 0 Å². The van der Waals surface area contributed by atoms with Gasteiger partial charge in [-0.3, -0.25) is 9.48 Å². The van der Waals surface area contributed by atoms with Crippen LogP contribution in [0.4, 0.5) is 11.8 Å². The highest BCUT2D eigenvalue weighted by Gasteiger charge is 2.27. The predicted molar refractivity (Wildman–Crippen MR) is 118 cm³/mol. The van der Waals surface area contributed by atoms with Gasteiger partial charge in [0.15, 0.2) is 0 Å². The summed E-state index contributed by atoms with van der Waals surface area (Å²) >= 11 is 0. The van der Waals surface area contributed by atoms with Gasteiger partial charge >= 0.3 is 0 Å². The second-order valence-corrected chi connectivity index (χ2v) is 7.69. The van der Waals surface area contributed by atoms with E-state index in [0.29, 0.717) is 18.1 Å². The van der Waals surface area contributed by atoms with E-state index >= 15 is 0 Å². The molecule has 0 bridgehead atoms. The number of fused-ring (bicyclic) bond motifs is 1. The van der Waals surface area contributed by atoms with Crippen LogP contribution >= 0.6 is 0 Å². The van der Waals surface area contributed by atoms with Crippen molar-refractivity contribution in [1.29, 1.82) is 0 Å². The zero-order chi connectivity index (χ0) is 21.4. The van der Waals surface area contributed by atoms with Crippen LogP contribution < -0.4 is 16.0 Å². The number of anilines is 2. The van der Waals surface area contributed by atoms with Crippen LogP contribution in [0.1, 0.15) is 16.8 Å². The molecule has 9 nitrogen and oxygen atoms in total. The second-order valence-electron chi connectivity index (χ2n) is 7.69. The van der Waals surface area contributed by atoms with Gasteiger partial charge in [0.1, 0.15) is 5.82 Å². The number of nitrogens with one attached hydrogen (secondary N) is 1. The monoisotopic (exact) mass is 414 g/mol. The molecule has 4 heterocycles. The van der Waals surface area contributed by atoms with E-state index in [-0.39, 0.29) is 17.8 Å². The number of carbonyl (C=O) groups excluding carboxylic acids is 1. The number of amides is 1. The minimum Gasteiger partial charge on any atom is -0.383 e. The first-order chi connectivity index (χ1) is 15.1. The van der Waals surface area contributed by atoms with Gasteiger partial charge in [0.25, 0.3) is 5.91 Å². The molecule has 4 aromatic rings. The van der Waals surface area contributed by atoms with E-state index in [9.17, 15) is 4.79 Å². The van der Waals surface area contributed by atoms with Gasteiger partial charge in [-0.05, 0) is 18.6 Å². The van der Waals surface area contributed by atoms with Crippen molar-refractivity contribution in [3.8, 4) is 11.1 Å². The van der Waals surface area contributed by atoms with Crippen LogP contribution in [0.15, 0.2) is 55.1 Å². The molecule has 0 aliphatic carbocycles. The lowest BCUT2D eigenvalue weighted by Gasteiger charge is -2.17. The lowest BCUT2D eigenvalue weighted by molar-refractivity contribution is 0.0941. The molecule has 0 saturated carbocycles. The van der Waals surface area contributed by atoms with Crippen molar-refractivity contribution in [3.05, 3.63) is 60.7 Å². The fraction of sp³-hybridized carbons (Fsp3) is 0.227. The van der Waals surface area contributed by atoms with E-state index < -0.39 is 0 Å². The third-order valence-corrected chi connectivity index (χ3v) is 5.48. The Kier molecular flexibility index (Phi) is 4.70. The Morgan fingerprint density at radius 2 is 2.03 bits per heavy atom. The summed E-state index contributed by atoms with van der Waals surface area (Å²) in [4.78, 5) is 28.4. The maximum Gasteiger partial charge on any atom is 0.255 e. The molecule has 9 heteroatoms. The van der Waals surface area contributed by atoms with E-state index in [0.717, 1.165) is 35.0 Å². The van der Waals surface area contributed by atoms with Crippen molar-refractivity contribution in [2.45, 2.75) is 12.5 Å². The number of aryl methyl sites for hydroxylation is 1. The Morgan fingerprint density at radius 3 is 2.87 bits per heavy atom. The van der Waals surface area contributed by atoms with Crippen LogP contribution in [0.2, 0.25) is 0 Å². The molecule has 3 aromatic heterocycles. The van der Waals surface area contributed by atoms with Gasteiger partial charge in [-0.1, -0.05) is 18.2 Å². The zero-order valence-corrected chi connectivity index (χ0v) is 17.1. The topological polar surface area (TPSA) is 115 Å². The number of pyridine rings is 1. The molecule has 1 saturated heterocycles. The number of para-hydroxylation sites is 1. The third kappa shape index (κ3) is 3.77. The van der Waals surface area contributed by atoms with E-state index in [2.05, 4.69) is 30.3 Å². The molecule has 5 rings (SSSR count). The number of carbonyl (C=O) groups is 1. The van der Waals surface area contributed by atoms with Gasteiger partial charge < -0.3 is 16.0 Å². The summed E-state index contributed by atoms with van der Waals surface area (Å²) in [5.41, 5.74) is 8.94. The molecule has 1 atom stereocenters. The number of hydrogen-bond donors (Lipinski definition) is 2. The maximum atomic E-state index is 12.9. The van der Waals surface area contributed by atoms with Crippen LogP contribution in [0, 0.1) is 0 Å². The molecule has 0 radical (unpaired) electrons. The summed E-state index contributed by atoms with van der Waals surface area (Å²) in [6.07, 6.45) is 7.88. The molecule has 3 N–H and O–H groups in total. The van der Waals surface area contributed by atoms with Crippen molar-refractivity contribution in [3.63, 3.8) is 0 Å². The van der Waals surface area contributed by atoms with Crippen molar-refractivity contribution >= 4 is 28.6 Å². The molecule has 31 heavy (non-hydrogen) atoms. The first kappa shape index (κ1) is 19.0. The number of nitrogens with two attached hydrogens (primary N) is 1. The Labute approximate surface area is 178 Å². The van der Waals surface area contributed by atoms with Crippen LogP contribution in [-0.4, -0.2) is 49.8 Å². The first-order valence-corrected chi connectivity index (χ1v) is 10.1. The third-order valence-electron chi connectivity index (χ3n) is 5.48. The maximum absolute atomic E-state index is 12.9. The van der Waals surface area contributed by atoms with E-state index in [1.807, 2.05) is 43.7 Å². The fourth-order valence-corrected chi connectivity index (χ4v) is 3.82. The summed E-state index contributed by atoms with van der Waals surface area (Å²) in [6.45, 7) is 1.41.